The predicted molar refractivity (Wildman–Crippen MR) is 108 cm³/mol. The lowest BCUT2D eigenvalue weighted by Crippen LogP contribution is -2.38. The molecular formula is C22H25N5O2. The van der Waals surface area contributed by atoms with Crippen LogP contribution in [0.3, 0.4) is 0 Å². The highest BCUT2D eigenvalue weighted by atomic mass is 16.5. The van der Waals surface area contributed by atoms with Gasteiger partial charge in [0.1, 0.15) is 11.9 Å². The Hall–Kier alpha value is -2.72. The number of aryl methyl sites for hydroxylation is 2. The fourth-order valence-corrected chi connectivity index (χ4v) is 4.81. The molecule has 0 amide bonds. The van der Waals surface area contributed by atoms with E-state index in [-0.39, 0.29) is 11.6 Å². The maximum absolute atomic E-state index is 12.6. The molecule has 7 nitrogen and oxygen atoms in total. The minimum Gasteiger partial charge on any atom is -0.376 e. The summed E-state index contributed by atoms with van der Waals surface area (Å²) in [5.41, 5.74) is 4.80. The molecule has 1 fully saturated rings. The third-order valence-electron chi connectivity index (χ3n) is 6.34. The Bertz CT molecular complexity index is 1040. The third-order valence-corrected chi connectivity index (χ3v) is 6.34. The Morgan fingerprint density at radius 1 is 1.14 bits per heavy atom. The molecule has 4 heterocycles. The molecule has 0 radical (unpaired) electrons. The smallest absolute Gasteiger partial charge is 0.267 e. The Morgan fingerprint density at radius 3 is 2.93 bits per heavy atom. The van der Waals surface area contributed by atoms with Crippen molar-refractivity contribution < 1.29 is 4.74 Å². The van der Waals surface area contributed by atoms with Crippen LogP contribution in [0.15, 0.2) is 16.9 Å². The zero-order valence-corrected chi connectivity index (χ0v) is 16.6. The first-order valence-corrected chi connectivity index (χ1v) is 10.6. The van der Waals surface area contributed by atoms with Gasteiger partial charge in [-0.2, -0.15) is 10.4 Å². The Balaban J connectivity index is 1.46. The van der Waals surface area contributed by atoms with Crippen molar-refractivity contribution in [2.75, 3.05) is 18.1 Å². The van der Waals surface area contributed by atoms with Crippen molar-refractivity contribution in [2.24, 2.45) is 0 Å². The number of aromatic nitrogens is 3. The second-order valence-electron chi connectivity index (χ2n) is 8.21. The first-order valence-electron chi connectivity index (χ1n) is 10.6. The van der Waals surface area contributed by atoms with Crippen LogP contribution < -0.4 is 10.5 Å². The van der Waals surface area contributed by atoms with Gasteiger partial charge in [0.2, 0.25) is 0 Å². The van der Waals surface area contributed by atoms with Gasteiger partial charge in [-0.3, -0.25) is 4.79 Å². The lowest BCUT2D eigenvalue weighted by atomic mass is 9.97. The van der Waals surface area contributed by atoms with Crippen LogP contribution in [0.4, 0.5) is 5.82 Å². The number of nitrogens with zero attached hydrogens (tertiary/aromatic N) is 5. The highest BCUT2D eigenvalue weighted by Gasteiger charge is 2.30. The summed E-state index contributed by atoms with van der Waals surface area (Å²) in [6, 6.07) is 6.14. The topological polar surface area (TPSA) is 84.0 Å². The Morgan fingerprint density at radius 2 is 2.03 bits per heavy atom. The second-order valence-corrected chi connectivity index (χ2v) is 8.21. The summed E-state index contributed by atoms with van der Waals surface area (Å²) in [7, 11) is 0. The van der Waals surface area contributed by atoms with Crippen LogP contribution in [0.2, 0.25) is 0 Å². The summed E-state index contributed by atoms with van der Waals surface area (Å²) >= 11 is 0. The normalized spacial score (nSPS) is 20.8. The molecule has 1 saturated heterocycles. The molecule has 2 aliphatic heterocycles. The first-order chi connectivity index (χ1) is 14.2. The number of anilines is 1. The van der Waals surface area contributed by atoms with Gasteiger partial charge < -0.3 is 9.64 Å². The largest absolute Gasteiger partial charge is 0.376 e. The SMILES string of the molecule is N#Cc1cc2c(nc1N1CCCC1Cn1nc3c(cc1=O)CCCC3)CCOC2. The lowest BCUT2D eigenvalue weighted by Gasteiger charge is -2.28. The van der Waals surface area contributed by atoms with Crippen molar-refractivity contribution >= 4 is 5.82 Å². The standard InChI is InChI=1S/C22H25N5O2/c23-12-16-10-17-14-29-9-7-19(17)24-22(16)26-8-3-5-18(26)13-27-21(28)11-15-4-1-2-6-20(15)25-27/h10-11,18H,1-9,13-14H2. The van der Waals surface area contributed by atoms with Crippen molar-refractivity contribution in [1.29, 1.82) is 5.26 Å². The van der Waals surface area contributed by atoms with Gasteiger partial charge in [0.25, 0.3) is 5.56 Å². The van der Waals surface area contributed by atoms with Gasteiger partial charge in [-0.1, -0.05) is 0 Å². The number of ether oxygens (including phenoxy) is 1. The molecule has 1 aliphatic carbocycles. The van der Waals surface area contributed by atoms with Gasteiger partial charge in [0.15, 0.2) is 0 Å². The van der Waals surface area contributed by atoms with Crippen LogP contribution in [0, 0.1) is 11.3 Å². The maximum atomic E-state index is 12.6. The monoisotopic (exact) mass is 391 g/mol. The van der Waals surface area contributed by atoms with E-state index < -0.39 is 0 Å². The quantitative estimate of drug-likeness (QED) is 0.797. The van der Waals surface area contributed by atoms with Crippen LogP contribution in [-0.4, -0.2) is 34.0 Å². The zero-order valence-electron chi connectivity index (χ0n) is 16.6. The summed E-state index contributed by atoms with van der Waals surface area (Å²) in [6.45, 7) is 2.58. The molecule has 150 valence electrons. The number of hydrogen-bond acceptors (Lipinski definition) is 6. The fraction of sp³-hybridized carbons (Fsp3) is 0.545. The van der Waals surface area contributed by atoms with Crippen molar-refractivity contribution in [3.63, 3.8) is 0 Å². The highest BCUT2D eigenvalue weighted by Crippen LogP contribution is 2.30. The van der Waals surface area contributed by atoms with Crippen LogP contribution in [-0.2, 0) is 37.2 Å². The Labute approximate surface area is 169 Å². The van der Waals surface area contributed by atoms with Gasteiger partial charge in [-0.15, -0.1) is 0 Å². The van der Waals surface area contributed by atoms with Crippen LogP contribution in [0.5, 0.6) is 0 Å². The van der Waals surface area contributed by atoms with Crippen molar-refractivity contribution in [1.82, 2.24) is 14.8 Å². The summed E-state index contributed by atoms with van der Waals surface area (Å²) in [4.78, 5) is 19.7. The number of hydrogen-bond donors (Lipinski definition) is 0. The average molecular weight is 391 g/mol. The summed E-state index contributed by atoms with van der Waals surface area (Å²) < 4.78 is 7.14. The first kappa shape index (κ1) is 18.3. The minimum atomic E-state index is -0.0199. The molecule has 2 aromatic rings. The zero-order chi connectivity index (χ0) is 19.8. The fourth-order valence-electron chi connectivity index (χ4n) is 4.81. The van der Waals surface area contributed by atoms with Crippen LogP contribution >= 0.6 is 0 Å². The minimum absolute atomic E-state index is 0.0199. The van der Waals surface area contributed by atoms with Gasteiger partial charge >= 0.3 is 0 Å². The molecule has 2 aromatic heterocycles. The maximum Gasteiger partial charge on any atom is 0.267 e. The molecule has 0 N–H and O–H groups in total. The molecule has 0 bridgehead atoms. The van der Waals surface area contributed by atoms with E-state index in [2.05, 4.69) is 11.0 Å². The van der Waals surface area contributed by atoms with Crippen LogP contribution in [0.25, 0.3) is 0 Å². The van der Waals surface area contributed by atoms with E-state index in [0.717, 1.165) is 79.8 Å². The van der Waals surface area contributed by atoms with E-state index >= 15 is 0 Å². The van der Waals surface area contributed by atoms with Crippen molar-refractivity contribution in [3.05, 3.63) is 50.6 Å². The highest BCUT2D eigenvalue weighted by molar-refractivity contribution is 5.57. The van der Waals surface area contributed by atoms with Gasteiger partial charge in [-0.05, 0) is 50.2 Å². The molecular weight excluding hydrogens is 366 g/mol. The summed E-state index contributed by atoms with van der Waals surface area (Å²) in [6.07, 6.45) is 6.97. The average Bonchev–Trinajstić information content (AvgIpc) is 3.21. The molecule has 0 aromatic carbocycles. The molecule has 7 heteroatoms. The lowest BCUT2D eigenvalue weighted by molar-refractivity contribution is 0.109. The molecule has 5 rings (SSSR count). The van der Waals surface area contributed by atoms with E-state index in [1.807, 2.05) is 6.07 Å². The van der Waals surface area contributed by atoms with Crippen molar-refractivity contribution in [3.8, 4) is 6.07 Å². The number of nitriles is 1. The number of rotatable bonds is 3. The van der Waals surface area contributed by atoms with E-state index in [1.54, 1.807) is 10.7 Å². The van der Waals surface area contributed by atoms with Gasteiger partial charge in [0.05, 0.1) is 42.8 Å². The van der Waals surface area contributed by atoms with Gasteiger partial charge in [-0.25, -0.2) is 9.67 Å². The van der Waals surface area contributed by atoms with E-state index in [0.29, 0.717) is 25.3 Å². The predicted octanol–water partition coefficient (Wildman–Crippen LogP) is 2.13. The molecule has 1 atom stereocenters. The number of fused-ring (bicyclic) bond motifs is 2. The van der Waals surface area contributed by atoms with E-state index in [4.69, 9.17) is 14.8 Å². The molecule has 29 heavy (non-hydrogen) atoms. The Kier molecular flexibility index (Phi) is 4.80. The molecule has 0 spiro atoms. The van der Waals surface area contributed by atoms with E-state index in [1.165, 1.54) is 0 Å². The molecule has 1 unspecified atom stereocenters. The van der Waals surface area contributed by atoms with Crippen LogP contribution in [0.1, 0.15) is 53.8 Å². The molecule has 3 aliphatic rings. The van der Waals surface area contributed by atoms with E-state index in [9.17, 15) is 10.1 Å². The third kappa shape index (κ3) is 3.42. The van der Waals surface area contributed by atoms with Gasteiger partial charge in [0, 0.05) is 24.6 Å². The second kappa shape index (κ2) is 7.60. The van der Waals surface area contributed by atoms with Crippen molar-refractivity contribution in [2.45, 2.75) is 64.1 Å². The molecule has 0 saturated carbocycles. The number of pyridine rings is 1. The summed E-state index contributed by atoms with van der Waals surface area (Å²) in [5, 5.41) is 14.4. The summed E-state index contributed by atoms with van der Waals surface area (Å²) in [5.74, 6) is 0.752.